The molecule has 0 radical (unpaired) electrons. The third kappa shape index (κ3) is 5.88. The van der Waals surface area contributed by atoms with E-state index in [4.69, 9.17) is 9.47 Å². The summed E-state index contributed by atoms with van der Waals surface area (Å²) >= 11 is 0. The number of sulfonamides is 1. The maximum atomic E-state index is 12.9. The Labute approximate surface area is 180 Å². The number of para-hydroxylation sites is 1. The number of benzene rings is 2. The Morgan fingerprint density at radius 2 is 1.77 bits per heavy atom. The zero-order valence-corrected chi connectivity index (χ0v) is 17.9. The highest BCUT2D eigenvalue weighted by Crippen LogP contribution is 2.33. The molecule has 2 aromatic carbocycles. The van der Waals surface area contributed by atoms with E-state index in [1.165, 1.54) is 37.4 Å². The van der Waals surface area contributed by atoms with Gasteiger partial charge < -0.3 is 19.5 Å². The molecule has 1 amide bonds. The first kappa shape index (κ1) is 22.4. The Hall–Kier alpha value is -3.27. The maximum absolute atomic E-state index is 12.9. The number of fused-ring (bicyclic) bond motifs is 1. The van der Waals surface area contributed by atoms with Crippen molar-refractivity contribution in [2.45, 2.75) is 24.2 Å². The zero-order chi connectivity index (χ0) is 22.3. The van der Waals surface area contributed by atoms with E-state index in [1.807, 2.05) is 0 Å². The second-order valence-electron chi connectivity index (χ2n) is 6.75. The van der Waals surface area contributed by atoms with Crippen molar-refractivity contribution in [1.82, 2.24) is 5.32 Å². The van der Waals surface area contributed by atoms with E-state index in [-0.39, 0.29) is 28.5 Å². The fraction of sp³-hybridized carbons (Fsp3) is 0.333. The van der Waals surface area contributed by atoms with Gasteiger partial charge in [0.1, 0.15) is 13.2 Å². The molecule has 1 aliphatic rings. The molecule has 0 saturated carbocycles. The lowest BCUT2D eigenvalue weighted by molar-refractivity contribution is -0.140. The van der Waals surface area contributed by atoms with Gasteiger partial charge in [-0.25, -0.2) is 8.42 Å². The molecule has 166 valence electrons. The van der Waals surface area contributed by atoms with Gasteiger partial charge in [0, 0.05) is 19.0 Å². The first-order chi connectivity index (χ1) is 14.9. The quantitative estimate of drug-likeness (QED) is 0.446. The minimum absolute atomic E-state index is 0.00484. The van der Waals surface area contributed by atoms with Crippen molar-refractivity contribution in [3.63, 3.8) is 0 Å². The first-order valence-corrected chi connectivity index (χ1v) is 11.3. The van der Waals surface area contributed by atoms with Crippen molar-refractivity contribution < 1.29 is 32.2 Å². The van der Waals surface area contributed by atoms with Crippen LogP contribution in [0.2, 0.25) is 0 Å². The lowest BCUT2D eigenvalue weighted by Crippen LogP contribution is -2.26. The first-order valence-electron chi connectivity index (χ1n) is 9.77. The second-order valence-corrected chi connectivity index (χ2v) is 8.43. The molecule has 0 bridgehead atoms. The van der Waals surface area contributed by atoms with Crippen LogP contribution in [-0.2, 0) is 19.6 Å². The van der Waals surface area contributed by atoms with Gasteiger partial charge in [0.2, 0.25) is 0 Å². The lowest BCUT2D eigenvalue weighted by atomic mass is 10.1. The van der Waals surface area contributed by atoms with Crippen LogP contribution >= 0.6 is 0 Å². The molecule has 0 aromatic heterocycles. The summed E-state index contributed by atoms with van der Waals surface area (Å²) in [5.74, 6) is 0.119. The van der Waals surface area contributed by atoms with E-state index < -0.39 is 15.9 Å². The SMILES string of the molecule is COC(=O)CCCCNC(=O)c1ccccc1NS(=O)(=O)c1ccc2c(c1)OCCO2. The van der Waals surface area contributed by atoms with Gasteiger partial charge in [-0.05, 0) is 37.1 Å². The number of hydrogen-bond donors (Lipinski definition) is 2. The molecule has 3 rings (SSSR count). The summed E-state index contributed by atoms with van der Waals surface area (Å²) in [6.07, 6.45) is 1.44. The van der Waals surface area contributed by atoms with Gasteiger partial charge >= 0.3 is 5.97 Å². The number of methoxy groups -OCH3 is 1. The monoisotopic (exact) mass is 448 g/mol. The highest BCUT2D eigenvalue weighted by molar-refractivity contribution is 7.92. The molecular weight excluding hydrogens is 424 g/mol. The molecule has 10 heteroatoms. The Morgan fingerprint density at radius 3 is 2.55 bits per heavy atom. The number of unbranched alkanes of at least 4 members (excludes halogenated alkanes) is 1. The predicted octanol–water partition coefficient (Wildman–Crippen LogP) is 2.33. The Bertz CT molecular complexity index is 1050. The molecule has 1 aliphatic heterocycles. The van der Waals surface area contributed by atoms with Crippen LogP contribution in [0.25, 0.3) is 0 Å². The molecule has 2 N–H and O–H groups in total. The van der Waals surface area contributed by atoms with Crippen LogP contribution in [0.3, 0.4) is 0 Å². The van der Waals surface area contributed by atoms with Gasteiger partial charge in [0.15, 0.2) is 11.5 Å². The van der Waals surface area contributed by atoms with E-state index in [0.29, 0.717) is 44.1 Å². The number of ether oxygens (including phenoxy) is 3. The largest absolute Gasteiger partial charge is 0.486 e. The summed E-state index contributed by atoms with van der Waals surface area (Å²) in [6, 6.07) is 10.7. The van der Waals surface area contributed by atoms with Crippen LogP contribution in [-0.4, -0.2) is 47.2 Å². The van der Waals surface area contributed by atoms with Gasteiger partial charge in [0.25, 0.3) is 15.9 Å². The molecule has 2 aromatic rings. The van der Waals surface area contributed by atoms with Gasteiger partial charge in [0.05, 0.1) is 23.3 Å². The van der Waals surface area contributed by atoms with E-state index >= 15 is 0 Å². The van der Waals surface area contributed by atoms with Crippen molar-refractivity contribution in [2.75, 3.05) is 31.6 Å². The summed E-state index contributed by atoms with van der Waals surface area (Å²) in [6.45, 7) is 1.09. The fourth-order valence-electron chi connectivity index (χ4n) is 2.96. The van der Waals surface area contributed by atoms with Crippen LogP contribution in [0.5, 0.6) is 11.5 Å². The van der Waals surface area contributed by atoms with Crippen molar-refractivity contribution in [3.8, 4) is 11.5 Å². The van der Waals surface area contributed by atoms with E-state index in [1.54, 1.807) is 12.1 Å². The minimum atomic E-state index is -3.96. The number of carbonyl (C=O) groups is 2. The van der Waals surface area contributed by atoms with Crippen molar-refractivity contribution in [1.29, 1.82) is 0 Å². The third-order valence-corrected chi connectivity index (χ3v) is 5.92. The number of rotatable bonds is 9. The highest BCUT2D eigenvalue weighted by Gasteiger charge is 2.21. The Balaban J connectivity index is 1.67. The van der Waals surface area contributed by atoms with Crippen LogP contribution in [0.1, 0.15) is 29.6 Å². The number of amides is 1. The van der Waals surface area contributed by atoms with Crippen molar-refractivity contribution >= 4 is 27.6 Å². The molecule has 9 nitrogen and oxygen atoms in total. The molecule has 0 atom stereocenters. The Kier molecular flexibility index (Phi) is 7.35. The molecule has 0 spiro atoms. The smallest absolute Gasteiger partial charge is 0.305 e. The molecule has 0 unspecified atom stereocenters. The van der Waals surface area contributed by atoms with Crippen LogP contribution < -0.4 is 19.5 Å². The third-order valence-electron chi connectivity index (χ3n) is 4.56. The van der Waals surface area contributed by atoms with Crippen LogP contribution in [0.4, 0.5) is 5.69 Å². The number of hydrogen-bond acceptors (Lipinski definition) is 7. The average molecular weight is 448 g/mol. The van der Waals surface area contributed by atoms with E-state index in [9.17, 15) is 18.0 Å². The topological polar surface area (TPSA) is 120 Å². The summed E-state index contributed by atoms with van der Waals surface area (Å²) < 4.78 is 43.6. The highest BCUT2D eigenvalue weighted by atomic mass is 32.2. The number of carbonyl (C=O) groups excluding carboxylic acids is 2. The molecular formula is C21H24N2O7S. The van der Waals surface area contributed by atoms with Crippen molar-refractivity contribution in [3.05, 3.63) is 48.0 Å². The lowest BCUT2D eigenvalue weighted by Gasteiger charge is -2.19. The standard InChI is InChI=1S/C21H24N2O7S/c1-28-20(24)8-4-5-11-22-21(25)16-6-2-3-7-17(16)23-31(26,27)15-9-10-18-19(14-15)30-13-12-29-18/h2-3,6-7,9-10,14,23H,4-5,8,11-13H2,1H3,(H,22,25). The van der Waals surface area contributed by atoms with Crippen LogP contribution in [0.15, 0.2) is 47.4 Å². The van der Waals surface area contributed by atoms with Gasteiger partial charge in [-0.15, -0.1) is 0 Å². The normalized spacial score (nSPS) is 12.7. The summed E-state index contributed by atoms with van der Waals surface area (Å²) in [4.78, 5) is 23.7. The zero-order valence-electron chi connectivity index (χ0n) is 17.1. The van der Waals surface area contributed by atoms with Crippen molar-refractivity contribution in [2.24, 2.45) is 0 Å². The molecule has 0 fully saturated rings. The Morgan fingerprint density at radius 1 is 1.03 bits per heavy atom. The number of esters is 1. The maximum Gasteiger partial charge on any atom is 0.305 e. The molecule has 1 heterocycles. The molecule has 0 saturated heterocycles. The van der Waals surface area contributed by atoms with E-state index in [2.05, 4.69) is 14.8 Å². The van der Waals surface area contributed by atoms with E-state index in [0.717, 1.165) is 0 Å². The van der Waals surface area contributed by atoms with Crippen LogP contribution in [0, 0.1) is 0 Å². The second kappa shape index (κ2) is 10.2. The van der Waals surface area contributed by atoms with Gasteiger partial charge in [-0.2, -0.15) is 0 Å². The average Bonchev–Trinajstić information content (AvgIpc) is 2.78. The summed E-state index contributed by atoms with van der Waals surface area (Å²) in [7, 11) is -2.63. The predicted molar refractivity (Wildman–Crippen MR) is 113 cm³/mol. The number of anilines is 1. The summed E-state index contributed by atoms with van der Waals surface area (Å²) in [5.41, 5.74) is 0.348. The molecule has 31 heavy (non-hydrogen) atoms. The van der Waals surface area contributed by atoms with Gasteiger partial charge in [-0.1, -0.05) is 12.1 Å². The fourth-order valence-corrected chi connectivity index (χ4v) is 4.05. The van der Waals surface area contributed by atoms with Gasteiger partial charge in [-0.3, -0.25) is 14.3 Å². The summed E-state index contributed by atoms with van der Waals surface area (Å²) in [5, 5.41) is 2.74. The molecule has 0 aliphatic carbocycles. The minimum Gasteiger partial charge on any atom is -0.486 e. The number of nitrogens with one attached hydrogen (secondary N) is 2.